The number of rotatable bonds is 3. The van der Waals surface area contributed by atoms with Crippen LogP contribution in [0.5, 0.6) is 0 Å². The largest absolute Gasteiger partial charge is 0.338 e. The molecule has 0 aliphatic carbocycles. The van der Waals surface area contributed by atoms with E-state index < -0.39 is 0 Å². The predicted octanol–water partition coefficient (Wildman–Crippen LogP) is 4.90. The van der Waals surface area contributed by atoms with Crippen molar-refractivity contribution in [2.24, 2.45) is 0 Å². The minimum Gasteiger partial charge on any atom is -0.338 e. The van der Waals surface area contributed by atoms with E-state index in [0.29, 0.717) is 27.0 Å². The second-order valence-corrected chi connectivity index (χ2v) is 5.64. The third-order valence-electron chi connectivity index (χ3n) is 2.42. The average molecular weight is 345 g/mol. The van der Waals surface area contributed by atoms with E-state index in [9.17, 15) is 4.39 Å². The first-order chi connectivity index (χ1) is 8.95. The maximum Gasteiger partial charge on any atom is 0.147 e. The summed E-state index contributed by atoms with van der Waals surface area (Å²) >= 11 is 9.14. The van der Waals surface area contributed by atoms with E-state index in [2.05, 4.69) is 31.2 Å². The summed E-state index contributed by atoms with van der Waals surface area (Å²) < 4.78 is 14.4. The van der Waals surface area contributed by atoms with Crippen LogP contribution in [-0.4, -0.2) is 9.97 Å². The molecule has 3 nitrogen and oxygen atoms in total. The molecule has 0 fully saturated rings. The molecule has 1 aromatic carbocycles. The van der Waals surface area contributed by atoms with Gasteiger partial charge >= 0.3 is 0 Å². The molecule has 0 saturated heterocycles. The van der Waals surface area contributed by atoms with Gasteiger partial charge in [0.25, 0.3) is 0 Å². The maximum absolute atomic E-state index is 13.7. The Bertz CT molecular complexity index is 604. The van der Waals surface area contributed by atoms with Crippen molar-refractivity contribution in [3.8, 4) is 0 Å². The van der Waals surface area contributed by atoms with Crippen molar-refractivity contribution in [2.45, 2.75) is 19.8 Å². The van der Waals surface area contributed by atoms with Crippen LogP contribution in [0.3, 0.4) is 0 Å². The highest BCUT2D eigenvalue weighted by molar-refractivity contribution is 9.10. The standard InChI is InChI=1S/C13H12BrClFN3/c1-7(2)13-18-11(15)6-12(19-13)17-10-4-3-8(14)5-9(10)16/h3-7H,1-2H3,(H,17,18,19). The van der Waals surface area contributed by atoms with Gasteiger partial charge < -0.3 is 5.32 Å². The fourth-order valence-corrected chi connectivity index (χ4v) is 2.01. The number of nitrogens with one attached hydrogen (secondary N) is 1. The van der Waals surface area contributed by atoms with Crippen LogP contribution in [-0.2, 0) is 0 Å². The lowest BCUT2D eigenvalue weighted by molar-refractivity contribution is 0.631. The van der Waals surface area contributed by atoms with E-state index in [1.54, 1.807) is 18.2 Å². The summed E-state index contributed by atoms with van der Waals surface area (Å²) in [5.41, 5.74) is 0.340. The number of halogens is 3. The first-order valence-electron chi connectivity index (χ1n) is 5.72. The molecule has 1 heterocycles. The van der Waals surface area contributed by atoms with Crippen molar-refractivity contribution in [3.05, 3.63) is 45.5 Å². The summed E-state index contributed by atoms with van der Waals surface area (Å²) in [4.78, 5) is 8.43. The zero-order chi connectivity index (χ0) is 14.0. The van der Waals surface area contributed by atoms with E-state index in [-0.39, 0.29) is 11.7 Å². The van der Waals surface area contributed by atoms with Gasteiger partial charge in [-0.15, -0.1) is 0 Å². The molecule has 0 bridgehead atoms. The molecule has 19 heavy (non-hydrogen) atoms. The Labute approximate surface area is 124 Å². The Morgan fingerprint density at radius 3 is 2.63 bits per heavy atom. The third kappa shape index (κ3) is 3.64. The van der Waals surface area contributed by atoms with E-state index in [4.69, 9.17) is 11.6 Å². The Kier molecular flexibility index (Phi) is 4.37. The molecule has 0 spiro atoms. The Morgan fingerprint density at radius 2 is 2.00 bits per heavy atom. The van der Waals surface area contributed by atoms with Gasteiger partial charge in [-0.05, 0) is 18.2 Å². The van der Waals surface area contributed by atoms with Crippen molar-refractivity contribution in [1.29, 1.82) is 0 Å². The Hall–Kier alpha value is -1.20. The van der Waals surface area contributed by atoms with E-state index >= 15 is 0 Å². The van der Waals surface area contributed by atoms with Crippen LogP contribution in [0.15, 0.2) is 28.7 Å². The molecule has 0 radical (unpaired) electrons. The predicted molar refractivity (Wildman–Crippen MR) is 78.5 cm³/mol. The molecule has 6 heteroatoms. The SMILES string of the molecule is CC(C)c1nc(Cl)cc(Nc2ccc(Br)cc2F)n1. The molecule has 0 aliphatic heterocycles. The number of nitrogens with zero attached hydrogens (tertiary/aromatic N) is 2. The van der Waals surface area contributed by atoms with Gasteiger partial charge in [0.15, 0.2) is 0 Å². The van der Waals surface area contributed by atoms with Crippen LogP contribution in [0.2, 0.25) is 5.15 Å². The Balaban J connectivity index is 2.32. The van der Waals surface area contributed by atoms with Crippen molar-refractivity contribution < 1.29 is 4.39 Å². The van der Waals surface area contributed by atoms with Crippen LogP contribution >= 0.6 is 27.5 Å². The molecule has 2 aromatic rings. The highest BCUT2D eigenvalue weighted by Gasteiger charge is 2.09. The van der Waals surface area contributed by atoms with Crippen molar-refractivity contribution in [2.75, 3.05) is 5.32 Å². The smallest absolute Gasteiger partial charge is 0.147 e. The van der Waals surface area contributed by atoms with E-state index in [1.165, 1.54) is 6.07 Å². The summed E-state index contributed by atoms with van der Waals surface area (Å²) in [6, 6.07) is 6.32. The molecule has 0 amide bonds. The lowest BCUT2D eigenvalue weighted by Crippen LogP contribution is -2.03. The molecule has 0 aliphatic rings. The van der Waals surface area contributed by atoms with Crippen molar-refractivity contribution >= 4 is 39.0 Å². The van der Waals surface area contributed by atoms with Gasteiger partial charge in [0.1, 0.15) is 22.6 Å². The average Bonchev–Trinajstić information content (AvgIpc) is 2.32. The highest BCUT2D eigenvalue weighted by Crippen LogP contribution is 2.24. The van der Waals surface area contributed by atoms with Gasteiger partial charge in [0, 0.05) is 16.5 Å². The van der Waals surface area contributed by atoms with Gasteiger partial charge in [-0.1, -0.05) is 41.4 Å². The van der Waals surface area contributed by atoms with Gasteiger partial charge in [-0.3, -0.25) is 0 Å². The van der Waals surface area contributed by atoms with Crippen LogP contribution in [0.4, 0.5) is 15.9 Å². The molecule has 100 valence electrons. The van der Waals surface area contributed by atoms with Crippen LogP contribution in [0, 0.1) is 5.82 Å². The highest BCUT2D eigenvalue weighted by atomic mass is 79.9. The topological polar surface area (TPSA) is 37.8 Å². The minimum absolute atomic E-state index is 0.147. The molecule has 1 aromatic heterocycles. The normalized spacial score (nSPS) is 10.8. The second kappa shape index (κ2) is 5.84. The molecule has 0 atom stereocenters. The zero-order valence-electron chi connectivity index (χ0n) is 10.4. The quantitative estimate of drug-likeness (QED) is 0.805. The number of hydrogen-bond donors (Lipinski definition) is 1. The fourth-order valence-electron chi connectivity index (χ4n) is 1.49. The van der Waals surface area contributed by atoms with Gasteiger partial charge in [-0.25, -0.2) is 14.4 Å². The molecular formula is C13H12BrClFN3. The summed E-state index contributed by atoms with van der Waals surface area (Å²) in [5.74, 6) is 0.877. The number of benzene rings is 1. The summed E-state index contributed by atoms with van der Waals surface area (Å²) in [7, 11) is 0. The Morgan fingerprint density at radius 1 is 1.26 bits per heavy atom. The molecular weight excluding hydrogens is 333 g/mol. The summed E-state index contributed by atoms with van der Waals surface area (Å²) in [6.07, 6.45) is 0. The van der Waals surface area contributed by atoms with Crippen LogP contribution < -0.4 is 5.32 Å². The third-order valence-corrected chi connectivity index (χ3v) is 3.11. The van der Waals surface area contributed by atoms with Crippen LogP contribution in [0.25, 0.3) is 0 Å². The number of hydrogen-bond acceptors (Lipinski definition) is 3. The molecule has 2 rings (SSSR count). The lowest BCUT2D eigenvalue weighted by Gasteiger charge is -2.10. The second-order valence-electron chi connectivity index (χ2n) is 4.34. The van der Waals surface area contributed by atoms with Gasteiger partial charge in [0.2, 0.25) is 0 Å². The number of anilines is 2. The van der Waals surface area contributed by atoms with Crippen molar-refractivity contribution in [3.63, 3.8) is 0 Å². The zero-order valence-corrected chi connectivity index (χ0v) is 12.8. The first kappa shape index (κ1) is 14.2. The van der Waals surface area contributed by atoms with E-state index in [0.717, 1.165) is 0 Å². The van der Waals surface area contributed by atoms with Crippen molar-refractivity contribution in [1.82, 2.24) is 9.97 Å². The lowest BCUT2D eigenvalue weighted by atomic mass is 10.2. The minimum atomic E-state index is -0.366. The monoisotopic (exact) mass is 343 g/mol. The summed E-state index contributed by atoms with van der Waals surface area (Å²) in [6.45, 7) is 3.94. The van der Waals surface area contributed by atoms with Gasteiger partial charge in [0.05, 0.1) is 5.69 Å². The van der Waals surface area contributed by atoms with Crippen LogP contribution in [0.1, 0.15) is 25.6 Å². The molecule has 0 saturated carbocycles. The molecule has 0 unspecified atom stereocenters. The number of aromatic nitrogens is 2. The van der Waals surface area contributed by atoms with Gasteiger partial charge in [-0.2, -0.15) is 0 Å². The molecule has 1 N–H and O–H groups in total. The first-order valence-corrected chi connectivity index (χ1v) is 6.89. The van der Waals surface area contributed by atoms with E-state index in [1.807, 2.05) is 13.8 Å². The summed E-state index contributed by atoms with van der Waals surface area (Å²) in [5, 5.41) is 3.24. The fraction of sp³-hybridized carbons (Fsp3) is 0.231. The maximum atomic E-state index is 13.7.